The molecule has 0 unspecified atom stereocenters. The van der Waals surface area contributed by atoms with Crippen LogP contribution in [-0.2, 0) is 39.0 Å². The van der Waals surface area contributed by atoms with Gasteiger partial charge in [0, 0.05) is 23.0 Å². The van der Waals surface area contributed by atoms with Gasteiger partial charge in [-0.3, -0.25) is 13.9 Å². The lowest BCUT2D eigenvalue weighted by Gasteiger charge is -2.35. The number of amides is 2. The average molecular weight is 629 g/mol. The zero-order chi connectivity index (χ0) is 29.5. The number of sulfonamides is 1. The number of nitrogens with one attached hydrogen (secondary N) is 1. The molecule has 0 aliphatic carbocycles. The van der Waals surface area contributed by atoms with Crippen LogP contribution in [0.5, 0.6) is 0 Å². The number of halogens is 1. The lowest BCUT2D eigenvalue weighted by molar-refractivity contribution is -0.140. The summed E-state index contributed by atoms with van der Waals surface area (Å²) in [7, 11) is -3.80. The lowest BCUT2D eigenvalue weighted by Crippen LogP contribution is -2.56. The van der Waals surface area contributed by atoms with Crippen molar-refractivity contribution in [2.24, 2.45) is 0 Å². The number of hydrogen-bond donors (Lipinski definition) is 1. The van der Waals surface area contributed by atoms with Crippen LogP contribution in [0.4, 0.5) is 5.69 Å². The Morgan fingerprint density at radius 1 is 0.875 bits per heavy atom. The van der Waals surface area contributed by atoms with E-state index in [4.69, 9.17) is 0 Å². The zero-order valence-corrected chi connectivity index (χ0v) is 26.1. The van der Waals surface area contributed by atoms with Gasteiger partial charge in [-0.05, 0) is 68.1 Å². The second-order valence-electron chi connectivity index (χ2n) is 10.9. The summed E-state index contributed by atoms with van der Waals surface area (Å²) in [5.74, 6) is -0.780. The Kier molecular flexibility index (Phi) is 10.6. The van der Waals surface area contributed by atoms with Crippen LogP contribution in [0, 0.1) is 0 Å². The molecule has 0 heterocycles. The summed E-state index contributed by atoms with van der Waals surface area (Å²) in [4.78, 5) is 29.3. The van der Waals surface area contributed by atoms with Crippen LogP contribution < -0.4 is 9.62 Å². The van der Waals surface area contributed by atoms with Gasteiger partial charge in [-0.25, -0.2) is 8.42 Å². The van der Waals surface area contributed by atoms with Crippen molar-refractivity contribution in [3.05, 3.63) is 100 Å². The van der Waals surface area contributed by atoms with Gasteiger partial charge in [-0.15, -0.1) is 0 Å². The minimum atomic E-state index is -3.80. The summed E-state index contributed by atoms with van der Waals surface area (Å²) in [6.07, 6.45) is 2.17. The Labute approximate surface area is 246 Å². The predicted molar refractivity (Wildman–Crippen MR) is 165 cm³/mol. The second kappa shape index (κ2) is 13.5. The van der Waals surface area contributed by atoms with Crippen molar-refractivity contribution in [3.8, 4) is 0 Å². The summed E-state index contributed by atoms with van der Waals surface area (Å²) in [5, 5.41) is 3.03. The minimum Gasteiger partial charge on any atom is -0.350 e. The van der Waals surface area contributed by atoms with Gasteiger partial charge in [0.05, 0.1) is 11.9 Å². The van der Waals surface area contributed by atoms with E-state index in [0.717, 1.165) is 38.1 Å². The Balaban J connectivity index is 2.05. The van der Waals surface area contributed by atoms with Gasteiger partial charge in [0.25, 0.3) is 0 Å². The third-order valence-electron chi connectivity index (χ3n) is 6.35. The molecule has 0 aliphatic heterocycles. The monoisotopic (exact) mass is 627 g/mol. The summed E-state index contributed by atoms with van der Waals surface area (Å²) >= 11 is 3.44. The van der Waals surface area contributed by atoms with Gasteiger partial charge in [0.1, 0.15) is 12.6 Å². The third kappa shape index (κ3) is 9.20. The molecule has 214 valence electrons. The van der Waals surface area contributed by atoms with Crippen LogP contribution in [0.3, 0.4) is 0 Å². The molecule has 3 aromatic carbocycles. The molecule has 0 aromatic heterocycles. The highest BCUT2D eigenvalue weighted by atomic mass is 79.9. The van der Waals surface area contributed by atoms with E-state index in [-0.39, 0.29) is 18.9 Å². The van der Waals surface area contributed by atoms with Crippen molar-refractivity contribution < 1.29 is 18.0 Å². The van der Waals surface area contributed by atoms with Gasteiger partial charge < -0.3 is 10.2 Å². The molecule has 3 rings (SSSR count). The van der Waals surface area contributed by atoms with Gasteiger partial charge in [-0.1, -0.05) is 77.5 Å². The first-order chi connectivity index (χ1) is 18.8. The summed E-state index contributed by atoms with van der Waals surface area (Å²) in [6, 6.07) is 23.3. The number of rotatable bonds is 11. The Bertz CT molecular complexity index is 1390. The largest absolute Gasteiger partial charge is 0.350 e. The topological polar surface area (TPSA) is 86.8 Å². The summed E-state index contributed by atoms with van der Waals surface area (Å²) in [6.45, 7) is 7.37. The third-order valence-corrected chi connectivity index (χ3v) is 8.02. The fourth-order valence-corrected chi connectivity index (χ4v) is 5.42. The standard InChI is InChI=1S/C31H38BrN3O4S/c1-6-23-14-18-27(19-15-23)35(40(5,38)39)22-29(36)34(21-25-12-16-26(32)17-13-25)28(30(37)33-31(2,3)4)20-24-10-8-7-9-11-24/h7-19,28H,6,20-22H2,1-5H3,(H,33,37)/t28-/m1/s1. The van der Waals surface area contributed by atoms with Crippen LogP contribution in [0.25, 0.3) is 0 Å². The normalized spacial score (nSPS) is 12.4. The molecule has 0 fully saturated rings. The second-order valence-corrected chi connectivity index (χ2v) is 13.7. The van der Waals surface area contributed by atoms with E-state index >= 15 is 0 Å². The molecule has 1 N–H and O–H groups in total. The van der Waals surface area contributed by atoms with Crippen molar-refractivity contribution >= 4 is 43.5 Å². The Hall–Kier alpha value is -3.17. The van der Waals surface area contributed by atoms with Crippen LogP contribution in [-0.4, -0.2) is 49.5 Å². The molecule has 0 saturated heterocycles. The molecule has 1 atom stereocenters. The highest BCUT2D eigenvalue weighted by Crippen LogP contribution is 2.22. The quantitative estimate of drug-likeness (QED) is 0.311. The minimum absolute atomic E-state index is 0.132. The number of carbonyl (C=O) groups excluding carboxylic acids is 2. The molecule has 0 spiro atoms. The van der Waals surface area contributed by atoms with Gasteiger partial charge >= 0.3 is 0 Å². The van der Waals surface area contributed by atoms with Gasteiger partial charge in [0.15, 0.2) is 0 Å². The van der Waals surface area contributed by atoms with E-state index in [1.807, 2.05) is 94.4 Å². The SMILES string of the molecule is CCc1ccc(N(CC(=O)N(Cc2ccc(Br)cc2)[C@H](Cc2ccccc2)C(=O)NC(C)(C)C)S(C)(=O)=O)cc1. The Morgan fingerprint density at radius 3 is 1.98 bits per heavy atom. The van der Waals surface area contributed by atoms with E-state index in [9.17, 15) is 18.0 Å². The molecular weight excluding hydrogens is 590 g/mol. The van der Waals surface area contributed by atoms with E-state index in [1.165, 1.54) is 4.90 Å². The van der Waals surface area contributed by atoms with Crippen molar-refractivity contribution in [1.82, 2.24) is 10.2 Å². The lowest BCUT2D eigenvalue weighted by atomic mass is 10.0. The maximum atomic E-state index is 14.1. The molecule has 0 bridgehead atoms. The van der Waals surface area contributed by atoms with Crippen molar-refractivity contribution in [3.63, 3.8) is 0 Å². The van der Waals surface area contributed by atoms with Crippen LogP contribution in [0.15, 0.2) is 83.3 Å². The zero-order valence-electron chi connectivity index (χ0n) is 23.7. The van der Waals surface area contributed by atoms with Gasteiger partial charge in [-0.2, -0.15) is 0 Å². The first-order valence-electron chi connectivity index (χ1n) is 13.2. The van der Waals surface area contributed by atoms with Crippen molar-refractivity contribution in [2.45, 2.75) is 58.7 Å². The smallest absolute Gasteiger partial charge is 0.244 e. The molecule has 0 aliphatic rings. The molecule has 3 aromatic rings. The van der Waals surface area contributed by atoms with E-state index < -0.39 is 34.1 Å². The average Bonchev–Trinajstić information content (AvgIpc) is 2.89. The van der Waals surface area contributed by atoms with E-state index in [2.05, 4.69) is 21.2 Å². The highest BCUT2D eigenvalue weighted by Gasteiger charge is 2.34. The number of benzene rings is 3. The number of aryl methyl sites for hydroxylation is 1. The molecule has 7 nitrogen and oxygen atoms in total. The fourth-order valence-electron chi connectivity index (χ4n) is 4.30. The molecule has 0 saturated carbocycles. The first kappa shape index (κ1) is 31.4. The van der Waals surface area contributed by atoms with Crippen molar-refractivity contribution in [2.75, 3.05) is 17.1 Å². The summed E-state index contributed by atoms with van der Waals surface area (Å²) in [5.41, 5.74) is 2.63. The van der Waals surface area contributed by atoms with Crippen LogP contribution in [0.1, 0.15) is 44.4 Å². The molecule has 2 amide bonds. The molecule has 0 radical (unpaired) electrons. The maximum absolute atomic E-state index is 14.1. The number of hydrogen-bond acceptors (Lipinski definition) is 4. The number of anilines is 1. The predicted octanol–water partition coefficient (Wildman–Crippen LogP) is 5.33. The van der Waals surface area contributed by atoms with E-state index in [1.54, 1.807) is 12.1 Å². The maximum Gasteiger partial charge on any atom is 0.244 e. The molecule has 9 heteroatoms. The molecular formula is C31H38BrN3O4S. The van der Waals surface area contributed by atoms with Gasteiger partial charge in [0.2, 0.25) is 21.8 Å². The summed E-state index contributed by atoms with van der Waals surface area (Å²) < 4.78 is 27.8. The van der Waals surface area contributed by atoms with Crippen LogP contribution >= 0.6 is 15.9 Å². The fraction of sp³-hybridized carbons (Fsp3) is 0.355. The highest BCUT2D eigenvalue weighted by molar-refractivity contribution is 9.10. The van der Waals surface area contributed by atoms with E-state index in [0.29, 0.717) is 5.69 Å². The molecule has 40 heavy (non-hydrogen) atoms. The number of nitrogens with zero attached hydrogens (tertiary/aromatic N) is 2. The van der Waals surface area contributed by atoms with Crippen molar-refractivity contribution in [1.29, 1.82) is 0 Å². The van der Waals surface area contributed by atoms with Crippen LogP contribution in [0.2, 0.25) is 0 Å². The first-order valence-corrected chi connectivity index (χ1v) is 15.9. The number of carbonyl (C=O) groups is 2. The Morgan fingerprint density at radius 2 is 1.45 bits per heavy atom.